The summed E-state index contributed by atoms with van der Waals surface area (Å²) in [4.78, 5) is 10.6. The van der Waals surface area contributed by atoms with Gasteiger partial charge in [-0.05, 0) is 12.1 Å². The van der Waals surface area contributed by atoms with E-state index in [-0.39, 0.29) is 6.61 Å². The highest BCUT2D eigenvalue weighted by atomic mass is 32.1. The smallest absolute Gasteiger partial charge is 0.150 e. The number of anilines is 1. The molecule has 72 valence electrons. The summed E-state index contributed by atoms with van der Waals surface area (Å²) in [5, 5.41) is 10.6. The molecule has 0 spiro atoms. The van der Waals surface area contributed by atoms with E-state index in [2.05, 4.69) is 0 Å². The lowest BCUT2D eigenvalue weighted by molar-refractivity contribution is 0.112. The number of hydrogen-bond donors (Lipinski definition) is 2. The van der Waals surface area contributed by atoms with Crippen molar-refractivity contribution in [3.05, 3.63) is 29.3 Å². The van der Waals surface area contributed by atoms with Gasteiger partial charge < -0.3 is 10.8 Å². The minimum atomic E-state index is -0.0891. The van der Waals surface area contributed by atoms with Crippen molar-refractivity contribution >= 4 is 32.7 Å². The summed E-state index contributed by atoms with van der Waals surface area (Å²) >= 11 is 1.42. The SMILES string of the molecule is Nc1sc2ccc(C=O)cc2c1CO. The standard InChI is InChI=1S/C10H9NO2S/c11-10-8(5-13)7-3-6(4-12)1-2-9(7)14-10/h1-4,13H,5,11H2. The second-order valence-corrected chi connectivity index (χ2v) is 4.06. The monoisotopic (exact) mass is 207 g/mol. The molecule has 0 fully saturated rings. The van der Waals surface area contributed by atoms with E-state index in [1.54, 1.807) is 12.1 Å². The number of carbonyl (C=O) groups is 1. The summed E-state index contributed by atoms with van der Waals surface area (Å²) < 4.78 is 0.997. The number of fused-ring (bicyclic) bond motifs is 1. The Hall–Kier alpha value is -1.39. The van der Waals surface area contributed by atoms with E-state index in [1.807, 2.05) is 6.07 Å². The van der Waals surface area contributed by atoms with Crippen LogP contribution in [0.1, 0.15) is 15.9 Å². The van der Waals surface area contributed by atoms with Crippen LogP contribution in [-0.2, 0) is 6.61 Å². The molecule has 4 heteroatoms. The number of rotatable bonds is 2. The molecule has 0 atom stereocenters. The van der Waals surface area contributed by atoms with Gasteiger partial charge >= 0.3 is 0 Å². The van der Waals surface area contributed by atoms with Crippen molar-refractivity contribution in [2.75, 3.05) is 5.73 Å². The van der Waals surface area contributed by atoms with E-state index in [1.165, 1.54) is 11.3 Å². The number of aliphatic hydroxyl groups is 1. The van der Waals surface area contributed by atoms with Crippen molar-refractivity contribution in [2.24, 2.45) is 0 Å². The van der Waals surface area contributed by atoms with Crippen LogP contribution < -0.4 is 5.73 Å². The third-order valence-corrected chi connectivity index (χ3v) is 3.18. The first-order valence-corrected chi connectivity index (χ1v) is 4.95. The van der Waals surface area contributed by atoms with Crippen LogP contribution in [0.15, 0.2) is 18.2 Å². The van der Waals surface area contributed by atoms with Crippen LogP contribution in [0.5, 0.6) is 0 Å². The van der Waals surface area contributed by atoms with Crippen molar-refractivity contribution in [2.45, 2.75) is 6.61 Å². The van der Waals surface area contributed by atoms with Crippen molar-refractivity contribution in [3.8, 4) is 0 Å². The zero-order valence-electron chi connectivity index (χ0n) is 7.36. The first-order chi connectivity index (χ1) is 6.76. The summed E-state index contributed by atoms with van der Waals surface area (Å²) in [5.41, 5.74) is 7.04. The zero-order chi connectivity index (χ0) is 10.1. The Morgan fingerprint density at radius 3 is 2.93 bits per heavy atom. The van der Waals surface area contributed by atoms with E-state index in [9.17, 15) is 4.79 Å². The molecule has 3 nitrogen and oxygen atoms in total. The Morgan fingerprint density at radius 2 is 2.29 bits per heavy atom. The summed E-state index contributed by atoms with van der Waals surface area (Å²) in [5.74, 6) is 0. The molecule has 0 saturated heterocycles. The lowest BCUT2D eigenvalue weighted by atomic mass is 10.1. The molecule has 0 aliphatic heterocycles. The minimum absolute atomic E-state index is 0.0891. The fraction of sp³-hybridized carbons (Fsp3) is 0.100. The average molecular weight is 207 g/mol. The van der Waals surface area contributed by atoms with Gasteiger partial charge in [-0.15, -0.1) is 11.3 Å². The second kappa shape index (κ2) is 3.40. The van der Waals surface area contributed by atoms with E-state index in [4.69, 9.17) is 10.8 Å². The normalized spacial score (nSPS) is 10.6. The molecule has 0 aliphatic carbocycles. The third-order valence-electron chi connectivity index (χ3n) is 2.14. The Bertz CT molecular complexity index is 490. The van der Waals surface area contributed by atoms with Crippen molar-refractivity contribution < 1.29 is 9.90 Å². The molecule has 0 aliphatic rings. The molecule has 0 bridgehead atoms. The van der Waals surface area contributed by atoms with Gasteiger partial charge in [-0.1, -0.05) is 6.07 Å². The lowest BCUT2D eigenvalue weighted by Crippen LogP contribution is -1.88. The molecule has 2 aromatic rings. The highest BCUT2D eigenvalue weighted by Gasteiger charge is 2.08. The van der Waals surface area contributed by atoms with Gasteiger partial charge in [-0.3, -0.25) is 4.79 Å². The zero-order valence-corrected chi connectivity index (χ0v) is 8.17. The van der Waals surface area contributed by atoms with Crippen molar-refractivity contribution in [1.29, 1.82) is 0 Å². The minimum Gasteiger partial charge on any atom is -0.392 e. The fourth-order valence-corrected chi connectivity index (χ4v) is 2.38. The van der Waals surface area contributed by atoms with Gasteiger partial charge in [0, 0.05) is 21.2 Å². The number of carbonyl (C=O) groups excluding carboxylic acids is 1. The van der Waals surface area contributed by atoms with Gasteiger partial charge in [0.15, 0.2) is 0 Å². The topological polar surface area (TPSA) is 63.3 Å². The predicted octanol–water partition coefficient (Wildman–Crippen LogP) is 1.79. The molecule has 2 rings (SSSR count). The molecule has 0 saturated carbocycles. The van der Waals surface area contributed by atoms with Gasteiger partial charge in [0.1, 0.15) is 6.29 Å². The van der Waals surface area contributed by atoms with Gasteiger partial charge in [0.25, 0.3) is 0 Å². The molecule has 1 aromatic heterocycles. The predicted molar refractivity (Wildman–Crippen MR) is 57.5 cm³/mol. The number of aldehydes is 1. The molecule has 1 heterocycles. The van der Waals surface area contributed by atoms with Crippen molar-refractivity contribution in [1.82, 2.24) is 0 Å². The van der Waals surface area contributed by atoms with Gasteiger partial charge in [0.2, 0.25) is 0 Å². The Balaban J connectivity index is 2.77. The van der Waals surface area contributed by atoms with Gasteiger partial charge in [-0.2, -0.15) is 0 Å². The molecule has 3 N–H and O–H groups in total. The van der Waals surface area contributed by atoms with Crippen LogP contribution in [0.2, 0.25) is 0 Å². The van der Waals surface area contributed by atoms with Crippen LogP contribution in [0, 0.1) is 0 Å². The van der Waals surface area contributed by atoms with E-state index < -0.39 is 0 Å². The summed E-state index contributed by atoms with van der Waals surface area (Å²) in [7, 11) is 0. The quantitative estimate of drug-likeness (QED) is 0.738. The maximum atomic E-state index is 10.6. The lowest BCUT2D eigenvalue weighted by Gasteiger charge is -1.95. The molecule has 0 radical (unpaired) electrons. The first kappa shape index (κ1) is 9.18. The van der Waals surface area contributed by atoms with E-state index >= 15 is 0 Å². The van der Waals surface area contributed by atoms with Crippen LogP contribution in [0.25, 0.3) is 10.1 Å². The third kappa shape index (κ3) is 1.29. The molecule has 0 amide bonds. The highest BCUT2D eigenvalue weighted by Crippen LogP contribution is 2.33. The van der Waals surface area contributed by atoms with Crippen LogP contribution in [0.3, 0.4) is 0 Å². The maximum Gasteiger partial charge on any atom is 0.150 e. The molecule has 0 unspecified atom stereocenters. The number of nitrogen functional groups attached to an aromatic ring is 1. The summed E-state index contributed by atoms with van der Waals surface area (Å²) in [6, 6.07) is 5.34. The molecular weight excluding hydrogens is 198 g/mol. The number of benzene rings is 1. The highest BCUT2D eigenvalue weighted by molar-refractivity contribution is 7.22. The first-order valence-electron chi connectivity index (χ1n) is 4.13. The number of nitrogens with two attached hydrogens (primary N) is 1. The second-order valence-electron chi connectivity index (χ2n) is 2.98. The van der Waals surface area contributed by atoms with E-state index in [0.29, 0.717) is 16.1 Å². The molecular formula is C10H9NO2S. The number of thiophene rings is 1. The van der Waals surface area contributed by atoms with Gasteiger partial charge in [-0.25, -0.2) is 0 Å². The molecule has 14 heavy (non-hydrogen) atoms. The maximum absolute atomic E-state index is 10.6. The number of hydrogen-bond acceptors (Lipinski definition) is 4. The fourth-order valence-electron chi connectivity index (χ4n) is 1.42. The van der Waals surface area contributed by atoms with Crippen LogP contribution in [0.4, 0.5) is 5.00 Å². The average Bonchev–Trinajstić information content (AvgIpc) is 2.52. The number of aliphatic hydroxyl groups excluding tert-OH is 1. The molecule has 1 aromatic carbocycles. The van der Waals surface area contributed by atoms with Crippen LogP contribution >= 0.6 is 11.3 Å². The van der Waals surface area contributed by atoms with E-state index in [0.717, 1.165) is 16.4 Å². The Kier molecular flexibility index (Phi) is 2.23. The summed E-state index contributed by atoms with van der Waals surface area (Å²) in [6.07, 6.45) is 0.786. The van der Waals surface area contributed by atoms with Crippen LogP contribution in [-0.4, -0.2) is 11.4 Å². The largest absolute Gasteiger partial charge is 0.392 e. The Morgan fingerprint density at radius 1 is 1.50 bits per heavy atom. The Labute approximate surface area is 84.8 Å². The van der Waals surface area contributed by atoms with Crippen molar-refractivity contribution in [3.63, 3.8) is 0 Å². The summed E-state index contributed by atoms with van der Waals surface area (Å²) in [6.45, 7) is -0.0891. The van der Waals surface area contributed by atoms with Gasteiger partial charge in [0.05, 0.1) is 11.6 Å².